The molecule has 0 bridgehead atoms. The Balaban J connectivity index is 1.81. The third-order valence-corrected chi connectivity index (χ3v) is 8.57. The summed E-state index contributed by atoms with van der Waals surface area (Å²) in [5.74, 6) is -0.527. The molecule has 1 aliphatic heterocycles. The van der Waals surface area contributed by atoms with Crippen molar-refractivity contribution in [3.63, 3.8) is 0 Å². The number of nitrogens with zero attached hydrogens (tertiary/aromatic N) is 1. The Bertz CT molecular complexity index is 1410. The van der Waals surface area contributed by atoms with Gasteiger partial charge in [-0.2, -0.15) is 0 Å². The van der Waals surface area contributed by atoms with Gasteiger partial charge in [0.25, 0.3) is 10.0 Å². The minimum atomic E-state index is -4.04. The highest BCUT2D eigenvalue weighted by atomic mass is 32.2. The fourth-order valence-corrected chi connectivity index (χ4v) is 6.36. The van der Waals surface area contributed by atoms with Crippen molar-refractivity contribution in [2.45, 2.75) is 17.9 Å². The summed E-state index contributed by atoms with van der Waals surface area (Å²) < 4.78 is 66.3. The number of aromatic nitrogens is 1. The van der Waals surface area contributed by atoms with Crippen LogP contribution >= 0.6 is 0 Å². The van der Waals surface area contributed by atoms with Crippen LogP contribution < -0.4 is 5.32 Å². The largest absolute Gasteiger partial charge is 0.316 e. The van der Waals surface area contributed by atoms with E-state index in [0.29, 0.717) is 24.1 Å². The van der Waals surface area contributed by atoms with E-state index in [4.69, 9.17) is 0 Å². The molecule has 1 aromatic heterocycles. The molecule has 0 atom stereocenters. The van der Waals surface area contributed by atoms with Gasteiger partial charge in [-0.15, -0.1) is 0 Å². The lowest BCUT2D eigenvalue weighted by Gasteiger charge is -2.16. The van der Waals surface area contributed by atoms with Gasteiger partial charge in [-0.3, -0.25) is 0 Å². The number of nitrogens with one attached hydrogen (secondary N) is 1. The number of rotatable bonds is 6. The highest BCUT2D eigenvalue weighted by Crippen LogP contribution is 2.31. The molecule has 0 saturated heterocycles. The maximum Gasteiger partial charge on any atom is 0.268 e. The minimum absolute atomic E-state index is 0.0399. The number of benzene rings is 2. The lowest BCUT2D eigenvalue weighted by Crippen LogP contribution is -2.16. The van der Waals surface area contributed by atoms with Crippen LogP contribution in [0, 0.1) is 5.82 Å². The van der Waals surface area contributed by atoms with Gasteiger partial charge in [-0.25, -0.2) is 25.2 Å². The SMILES string of the molecule is CNCc1cc(-c2ccccc2F)n(S(=O)(=O)c2cccc(C3=CCS(=O)(=O)CC3)c2)c1. The molecule has 1 aliphatic rings. The van der Waals surface area contributed by atoms with Crippen molar-refractivity contribution in [1.29, 1.82) is 0 Å². The van der Waals surface area contributed by atoms with Gasteiger partial charge in [-0.1, -0.05) is 30.3 Å². The average molecular weight is 475 g/mol. The fraction of sp³-hybridized carbons (Fsp3) is 0.217. The van der Waals surface area contributed by atoms with Crippen molar-refractivity contribution >= 4 is 25.4 Å². The van der Waals surface area contributed by atoms with E-state index in [-0.39, 0.29) is 27.7 Å². The number of hydrogen-bond donors (Lipinski definition) is 1. The van der Waals surface area contributed by atoms with Crippen LogP contribution in [0.1, 0.15) is 17.5 Å². The van der Waals surface area contributed by atoms with Crippen LogP contribution in [0.3, 0.4) is 0 Å². The summed E-state index contributed by atoms with van der Waals surface area (Å²) in [7, 11) is -5.38. The first kappa shape index (κ1) is 22.4. The van der Waals surface area contributed by atoms with E-state index < -0.39 is 25.7 Å². The molecule has 168 valence electrons. The summed E-state index contributed by atoms with van der Waals surface area (Å²) in [5.41, 5.74) is 2.59. The summed E-state index contributed by atoms with van der Waals surface area (Å²) in [6, 6.07) is 14.1. The second kappa shape index (κ2) is 8.65. The first-order valence-corrected chi connectivity index (χ1v) is 13.3. The highest BCUT2D eigenvalue weighted by Gasteiger charge is 2.24. The number of halogens is 1. The standard InChI is InChI=1S/C23H23FN2O4S2/c1-25-15-17-13-23(21-7-2-3-8-22(21)24)26(16-17)32(29,30)20-6-4-5-19(14-20)18-9-11-31(27,28)12-10-18/h2-9,13-14,16,25H,10-12,15H2,1H3. The first-order chi connectivity index (χ1) is 15.2. The Hall–Kier alpha value is -2.75. The molecule has 4 rings (SSSR count). The van der Waals surface area contributed by atoms with E-state index in [0.717, 1.165) is 9.55 Å². The molecular weight excluding hydrogens is 451 g/mol. The molecule has 9 heteroatoms. The van der Waals surface area contributed by atoms with Crippen molar-refractivity contribution in [2.24, 2.45) is 0 Å². The predicted octanol–water partition coefficient (Wildman–Crippen LogP) is 3.45. The number of sulfone groups is 1. The Labute approximate surface area is 187 Å². The van der Waals surface area contributed by atoms with Crippen LogP contribution in [0.2, 0.25) is 0 Å². The molecule has 2 aromatic carbocycles. The Morgan fingerprint density at radius 3 is 2.56 bits per heavy atom. The highest BCUT2D eigenvalue weighted by molar-refractivity contribution is 7.91. The molecule has 0 amide bonds. The van der Waals surface area contributed by atoms with E-state index in [1.807, 2.05) is 0 Å². The normalized spacial score (nSPS) is 16.0. The van der Waals surface area contributed by atoms with Crippen LogP contribution in [0.15, 0.2) is 71.8 Å². The molecule has 6 nitrogen and oxygen atoms in total. The summed E-state index contributed by atoms with van der Waals surface area (Å²) in [6.07, 6.45) is 3.46. The second-order valence-corrected chi connectivity index (χ2v) is 11.7. The van der Waals surface area contributed by atoms with E-state index in [1.165, 1.54) is 18.3 Å². The fourth-order valence-electron chi connectivity index (χ4n) is 3.77. The zero-order chi connectivity index (χ0) is 22.9. The van der Waals surface area contributed by atoms with Crippen LogP contribution in [0.25, 0.3) is 16.8 Å². The molecule has 0 fully saturated rings. The molecular formula is C23H23FN2O4S2. The van der Waals surface area contributed by atoms with Crippen molar-refractivity contribution in [2.75, 3.05) is 18.6 Å². The topological polar surface area (TPSA) is 85.2 Å². The minimum Gasteiger partial charge on any atom is -0.316 e. The summed E-state index contributed by atoms with van der Waals surface area (Å²) >= 11 is 0. The molecule has 0 aliphatic carbocycles. The van der Waals surface area contributed by atoms with E-state index in [2.05, 4.69) is 5.32 Å². The van der Waals surface area contributed by atoms with Crippen LogP contribution in [0.4, 0.5) is 4.39 Å². The molecule has 0 unspecified atom stereocenters. The number of hydrogen-bond acceptors (Lipinski definition) is 5. The quantitative estimate of drug-likeness (QED) is 0.592. The van der Waals surface area contributed by atoms with Crippen molar-refractivity contribution < 1.29 is 21.2 Å². The van der Waals surface area contributed by atoms with Crippen LogP contribution in [-0.2, 0) is 26.4 Å². The first-order valence-electron chi connectivity index (χ1n) is 10.1. The van der Waals surface area contributed by atoms with Gasteiger partial charge in [0.15, 0.2) is 9.84 Å². The molecule has 0 radical (unpaired) electrons. The predicted molar refractivity (Wildman–Crippen MR) is 123 cm³/mol. The molecule has 0 spiro atoms. The van der Waals surface area contributed by atoms with Gasteiger partial charge >= 0.3 is 0 Å². The second-order valence-electron chi connectivity index (χ2n) is 7.67. The monoisotopic (exact) mass is 474 g/mol. The molecule has 2 heterocycles. The van der Waals surface area contributed by atoms with Gasteiger partial charge < -0.3 is 5.32 Å². The molecule has 32 heavy (non-hydrogen) atoms. The van der Waals surface area contributed by atoms with Gasteiger partial charge in [0.1, 0.15) is 5.82 Å². The third kappa shape index (κ3) is 4.41. The van der Waals surface area contributed by atoms with E-state index >= 15 is 0 Å². The molecule has 1 N–H and O–H groups in total. The van der Waals surface area contributed by atoms with Crippen molar-refractivity contribution in [1.82, 2.24) is 9.29 Å². The lowest BCUT2D eigenvalue weighted by atomic mass is 10.0. The smallest absolute Gasteiger partial charge is 0.268 e. The van der Waals surface area contributed by atoms with E-state index in [9.17, 15) is 21.2 Å². The van der Waals surface area contributed by atoms with Crippen molar-refractivity contribution in [3.05, 3.63) is 83.8 Å². The van der Waals surface area contributed by atoms with Crippen molar-refractivity contribution in [3.8, 4) is 11.3 Å². The Kier molecular flexibility index (Phi) is 6.07. The molecule has 3 aromatic rings. The summed E-state index contributed by atoms with van der Waals surface area (Å²) in [4.78, 5) is 0.0496. The summed E-state index contributed by atoms with van der Waals surface area (Å²) in [5, 5.41) is 2.98. The Morgan fingerprint density at radius 1 is 1.09 bits per heavy atom. The van der Waals surface area contributed by atoms with Gasteiger partial charge in [0, 0.05) is 18.3 Å². The lowest BCUT2D eigenvalue weighted by molar-refractivity contribution is 0.587. The number of allylic oxidation sites excluding steroid dienone is 1. The van der Waals surface area contributed by atoms with Gasteiger partial charge in [0.2, 0.25) is 0 Å². The van der Waals surface area contributed by atoms with Gasteiger partial charge in [0.05, 0.1) is 22.1 Å². The summed E-state index contributed by atoms with van der Waals surface area (Å²) in [6.45, 7) is 0.422. The average Bonchev–Trinajstić information content (AvgIpc) is 3.19. The van der Waals surface area contributed by atoms with Crippen LogP contribution in [-0.4, -0.2) is 39.4 Å². The van der Waals surface area contributed by atoms with E-state index in [1.54, 1.807) is 55.6 Å². The maximum absolute atomic E-state index is 14.5. The zero-order valence-corrected chi connectivity index (χ0v) is 19.1. The zero-order valence-electron chi connectivity index (χ0n) is 17.5. The van der Waals surface area contributed by atoms with Crippen LogP contribution in [0.5, 0.6) is 0 Å². The Morgan fingerprint density at radius 2 is 1.88 bits per heavy atom. The third-order valence-electron chi connectivity index (χ3n) is 5.40. The van der Waals surface area contributed by atoms with Gasteiger partial charge in [-0.05, 0) is 60.5 Å². The molecule has 0 saturated carbocycles. The maximum atomic E-state index is 14.5.